The Bertz CT molecular complexity index is 1180. The van der Waals surface area contributed by atoms with Gasteiger partial charge in [-0.05, 0) is 81.6 Å². The van der Waals surface area contributed by atoms with E-state index in [-0.39, 0.29) is 29.2 Å². The van der Waals surface area contributed by atoms with E-state index in [0.717, 1.165) is 31.1 Å². The van der Waals surface area contributed by atoms with Gasteiger partial charge in [0.05, 0.1) is 12.2 Å². The van der Waals surface area contributed by atoms with Crippen molar-refractivity contribution in [2.24, 2.45) is 0 Å². The monoisotopic (exact) mass is 516 g/mol. The van der Waals surface area contributed by atoms with Gasteiger partial charge in [0.1, 0.15) is 11.9 Å². The third-order valence-electron chi connectivity index (χ3n) is 8.67. The van der Waals surface area contributed by atoms with Crippen LogP contribution in [-0.2, 0) is 5.41 Å². The average Bonchev–Trinajstić information content (AvgIpc) is 3.76. The van der Waals surface area contributed by atoms with E-state index in [9.17, 15) is 10.1 Å². The molecule has 5 rings (SSSR count). The summed E-state index contributed by atoms with van der Waals surface area (Å²) >= 11 is 0. The first-order valence-corrected chi connectivity index (χ1v) is 13.9. The fourth-order valence-corrected chi connectivity index (χ4v) is 5.84. The van der Waals surface area contributed by atoms with Gasteiger partial charge in [0, 0.05) is 38.4 Å². The van der Waals surface area contributed by atoms with Gasteiger partial charge < -0.3 is 25.3 Å². The van der Waals surface area contributed by atoms with E-state index in [2.05, 4.69) is 69.6 Å². The van der Waals surface area contributed by atoms with Crippen LogP contribution in [0.15, 0.2) is 30.5 Å². The predicted molar refractivity (Wildman–Crippen MR) is 150 cm³/mol. The molecule has 0 spiro atoms. The van der Waals surface area contributed by atoms with Crippen LogP contribution < -0.4 is 15.5 Å². The maximum Gasteiger partial charge on any atom is 0.317 e. The van der Waals surface area contributed by atoms with E-state index in [1.807, 2.05) is 0 Å². The molecule has 202 valence electrons. The first-order valence-electron chi connectivity index (χ1n) is 13.9. The molecule has 1 aromatic heterocycles. The molecule has 3 fully saturated rings. The minimum atomic E-state index is -0.0947. The number of rotatable bonds is 6. The lowest BCUT2D eigenvalue weighted by molar-refractivity contribution is 0.161. The number of carbonyl (C=O) groups excluding carboxylic acids is 1. The Kier molecular flexibility index (Phi) is 7.44. The van der Waals surface area contributed by atoms with Crippen LogP contribution in [-0.4, -0.2) is 77.7 Å². The molecule has 2 aromatic rings. The summed E-state index contributed by atoms with van der Waals surface area (Å²) in [5, 5.41) is 16.2. The number of nitrogens with one attached hydrogen (secondary N) is 2. The lowest BCUT2D eigenvalue weighted by Crippen LogP contribution is -2.56. The number of piperidine rings is 2. The molecular formula is C29H40N8O. The van der Waals surface area contributed by atoms with E-state index in [1.54, 1.807) is 25.2 Å². The van der Waals surface area contributed by atoms with Crippen LogP contribution in [0.1, 0.15) is 63.6 Å². The van der Waals surface area contributed by atoms with Gasteiger partial charge in [-0.3, -0.25) is 0 Å². The van der Waals surface area contributed by atoms with Crippen LogP contribution in [0.2, 0.25) is 0 Å². The number of nitrogens with zero attached hydrogens (tertiary/aromatic N) is 6. The SMILES string of the molecule is C[C@@H]1[C@H](NC(=O)N(C)C)CCCN1c1cnc(C#N)c(Nc2ccc(C3(C)CCN(C4CC4)CC3)cc2)n1. The smallest absolute Gasteiger partial charge is 0.317 e. The molecule has 9 nitrogen and oxygen atoms in total. The fourth-order valence-electron chi connectivity index (χ4n) is 5.84. The number of anilines is 3. The van der Waals surface area contributed by atoms with Crippen LogP contribution in [0.25, 0.3) is 0 Å². The predicted octanol–water partition coefficient (Wildman–Crippen LogP) is 4.24. The Labute approximate surface area is 226 Å². The Balaban J connectivity index is 1.29. The van der Waals surface area contributed by atoms with Crippen LogP contribution in [0.4, 0.5) is 22.1 Å². The van der Waals surface area contributed by atoms with Crippen molar-refractivity contribution in [2.75, 3.05) is 43.9 Å². The van der Waals surface area contributed by atoms with Crippen molar-refractivity contribution >= 4 is 23.4 Å². The Morgan fingerprint density at radius 3 is 2.47 bits per heavy atom. The number of hydrogen-bond acceptors (Lipinski definition) is 7. The molecule has 2 aliphatic heterocycles. The van der Waals surface area contributed by atoms with E-state index in [0.29, 0.717) is 11.6 Å². The molecule has 1 aliphatic carbocycles. The molecule has 2 N–H and O–H groups in total. The lowest BCUT2D eigenvalue weighted by atomic mass is 9.74. The fraction of sp³-hybridized carbons (Fsp3) is 0.586. The summed E-state index contributed by atoms with van der Waals surface area (Å²) in [4.78, 5) is 27.9. The van der Waals surface area contributed by atoms with Gasteiger partial charge in [-0.2, -0.15) is 5.26 Å². The summed E-state index contributed by atoms with van der Waals surface area (Å²) in [5.41, 5.74) is 2.72. The molecule has 2 amide bonds. The van der Waals surface area contributed by atoms with Gasteiger partial charge in [0.15, 0.2) is 11.5 Å². The summed E-state index contributed by atoms with van der Waals surface area (Å²) in [6.07, 6.45) is 8.63. The van der Waals surface area contributed by atoms with Crippen LogP contribution in [0.5, 0.6) is 0 Å². The van der Waals surface area contributed by atoms with Crippen molar-refractivity contribution in [3.63, 3.8) is 0 Å². The first-order chi connectivity index (χ1) is 18.3. The van der Waals surface area contributed by atoms with Crippen LogP contribution >= 0.6 is 0 Å². The number of likely N-dealkylation sites (tertiary alicyclic amines) is 1. The van der Waals surface area contributed by atoms with Gasteiger partial charge >= 0.3 is 6.03 Å². The number of nitriles is 1. The largest absolute Gasteiger partial charge is 0.350 e. The number of hydrogen-bond donors (Lipinski definition) is 2. The third-order valence-corrected chi connectivity index (χ3v) is 8.67. The molecule has 0 bridgehead atoms. The molecule has 0 radical (unpaired) electrons. The summed E-state index contributed by atoms with van der Waals surface area (Å²) < 4.78 is 0. The quantitative estimate of drug-likeness (QED) is 0.592. The van der Waals surface area contributed by atoms with Gasteiger partial charge in [0.25, 0.3) is 0 Å². The third kappa shape index (κ3) is 5.56. The van der Waals surface area contributed by atoms with Gasteiger partial charge in [-0.25, -0.2) is 14.8 Å². The van der Waals surface area contributed by atoms with Crippen LogP contribution in [0, 0.1) is 11.3 Å². The van der Waals surface area contributed by atoms with Crippen molar-refractivity contribution in [1.82, 2.24) is 25.1 Å². The van der Waals surface area contributed by atoms with Gasteiger partial charge in [0.2, 0.25) is 0 Å². The standard InChI is InChI=1S/C29H40N8O/c1-20-24(33-28(38)35(3)4)6-5-15-37(20)26-19-31-25(18-30)27(34-26)32-22-9-7-21(8-10-22)29(2)13-16-36(17-14-29)23-11-12-23/h7-10,19-20,23-24H,5-6,11-17H2,1-4H3,(H,32,34)(H,33,38)/t20-,24-/m1/s1. The summed E-state index contributed by atoms with van der Waals surface area (Å²) in [6.45, 7) is 7.67. The maximum atomic E-state index is 12.2. The summed E-state index contributed by atoms with van der Waals surface area (Å²) in [5.74, 6) is 1.16. The summed E-state index contributed by atoms with van der Waals surface area (Å²) in [6, 6.07) is 11.6. The number of urea groups is 1. The normalized spacial score (nSPS) is 23.4. The molecule has 1 aromatic carbocycles. The zero-order valence-corrected chi connectivity index (χ0v) is 23.1. The lowest BCUT2D eigenvalue weighted by Gasteiger charge is -2.40. The van der Waals surface area contributed by atoms with Crippen molar-refractivity contribution in [3.05, 3.63) is 41.7 Å². The molecule has 3 heterocycles. The van der Waals surface area contributed by atoms with E-state index >= 15 is 0 Å². The van der Waals surface area contributed by atoms with Gasteiger partial charge in [-0.15, -0.1) is 0 Å². The second-order valence-electron chi connectivity index (χ2n) is 11.6. The summed E-state index contributed by atoms with van der Waals surface area (Å²) in [7, 11) is 3.49. The van der Waals surface area contributed by atoms with Crippen molar-refractivity contribution in [2.45, 2.75) is 75.9 Å². The molecule has 38 heavy (non-hydrogen) atoms. The van der Waals surface area contributed by atoms with Crippen molar-refractivity contribution in [3.8, 4) is 6.07 Å². The second kappa shape index (κ2) is 10.8. The highest BCUT2D eigenvalue weighted by Crippen LogP contribution is 2.39. The first kappa shape index (κ1) is 26.2. The highest BCUT2D eigenvalue weighted by atomic mass is 16.2. The molecular weight excluding hydrogens is 476 g/mol. The highest BCUT2D eigenvalue weighted by molar-refractivity contribution is 5.74. The minimum Gasteiger partial charge on any atom is -0.350 e. The Hall–Kier alpha value is -3.38. The minimum absolute atomic E-state index is 0.0116. The van der Waals surface area contributed by atoms with Crippen molar-refractivity contribution in [1.29, 1.82) is 5.26 Å². The molecule has 3 aliphatic rings. The van der Waals surface area contributed by atoms with Gasteiger partial charge in [-0.1, -0.05) is 19.1 Å². The Morgan fingerprint density at radius 2 is 1.84 bits per heavy atom. The van der Waals surface area contributed by atoms with E-state index in [1.165, 1.54) is 44.3 Å². The zero-order valence-electron chi connectivity index (χ0n) is 23.1. The number of carbonyl (C=O) groups is 1. The van der Waals surface area contributed by atoms with Crippen LogP contribution in [0.3, 0.4) is 0 Å². The molecule has 9 heteroatoms. The zero-order chi connectivity index (χ0) is 26.9. The van der Waals surface area contributed by atoms with Crippen molar-refractivity contribution < 1.29 is 4.79 Å². The Morgan fingerprint density at radius 1 is 1.13 bits per heavy atom. The molecule has 0 unspecified atom stereocenters. The average molecular weight is 517 g/mol. The number of amides is 2. The molecule has 2 saturated heterocycles. The number of aromatic nitrogens is 2. The highest BCUT2D eigenvalue weighted by Gasteiger charge is 2.37. The topological polar surface area (TPSA) is 100 Å². The van der Waals surface area contributed by atoms with E-state index in [4.69, 9.17) is 4.98 Å². The second-order valence-corrected chi connectivity index (χ2v) is 11.6. The van der Waals surface area contributed by atoms with E-state index < -0.39 is 0 Å². The molecule has 2 atom stereocenters. The number of benzene rings is 1. The molecule has 1 saturated carbocycles. The maximum absolute atomic E-state index is 12.2.